The van der Waals surface area contributed by atoms with Crippen LogP contribution in [0.5, 0.6) is 17.2 Å². The Hall–Kier alpha value is -4.47. The van der Waals surface area contributed by atoms with Crippen LogP contribution in [0.25, 0.3) is 16.8 Å². The fourth-order valence-electron chi connectivity index (χ4n) is 3.85. The summed E-state index contributed by atoms with van der Waals surface area (Å²) in [4.78, 5) is 12.7. The van der Waals surface area contributed by atoms with Crippen LogP contribution in [0.15, 0.2) is 84.4 Å². The molecule has 0 bridgehead atoms. The van der Waals surface area contributed by atoms with Gasteiger partial charge in [0.2, 0.25) is 0 Å². The summed E-state index contributed by atoms with van der Waals surface area (Å²) in [5.41, 5.74) is 1.99. The predicted molar refractivity (Wildman–Crippen MR) is 146 cm³/mol. The average Bonchev–Trinajstić information content (AvgIpc) is 2.92. The molecule has 0 aliphatic carbocycles. The molecule has 1 N–H and O–H groups in total. The summed E-state index contributed by atoms with van der Waals surface area (Å²) in [6, 6.07) is 26.3. The van der Waals surface area contributed by atoms with Crippen molar-refractivity contribution in [1.29, 1.82) is 5.26 Å². The quantitative estimate of drug-likeness (QED) is 0.192. The lowest BCUT2D eigenvalue weighted by Crippen LogP contribution is -2.13. The van der Waals surface area contributed by atoms with Gasteiger partial charge in [-0.3, -0.25) is 4.79 Å². The molecule has 6 nitrogen and oxygen atoms in total. The van der Waals surface area contributed by atoms with Gasteiger partial charge in [0, 0.05) is 5.69 Å². The number of nitrogens with one attached hydrogen (secondary N) is 1. The van der Waals surface area contributed by atoms with E-state index in [0.29, 0.717) is 46.7 Å². The van der Waals surface area contributed by atoms with Gasteiger partial charge < -0.3 is 19.5 Å². The Kier molecular flexibility index (Phi) is 8.29. The molecule has 37 heavy (non-hydrogen) atoms. The van der Waals surface area contributed by atoms with Crippen molar-refractivity contribution in [2.45, 2.75) is 13.5 Å². The van der Waals surface area contributed by atoms with Gasteiger partial charge in [0.05, 0.1) is 18.7 Å². The number of carbonyl (C=O) groups is 1. The lowest BCUT2D eigenvalue weighted by atomic mass is 10.1. The monoisotopic (exact) mass is 512 g/mol. The number of benzene rings is 4. The molecule has 0 aliphatic heterocycles. The number of hydrogen-bond donors (Lipinski definition) is 1. The van der Waals surface area contributed by atoms with Crippen LogP contribution in [0, 0.1) is 11.3 Å². The Balaban J connectivity index is 1.53. The van der Waals surface area contributed by atoms with Crippen molar-refractivity contribution in [1.82, 2.24) is 0 Å². The largest absolute Gasteiger partial charge is 0.494 e. The van der Waals surface area contributed by atoms with Crippen LogP contribution in [-0.2, 0) is 11.4 Å². The van der Waals surface area contributed by atoms with Crippen LogP contribution >= 0.6 is 11.6 Å². The maximum atomic E-state index is 12.7. The zero-order chi connectivity index (χ0) is 26.2. The molecule has 0 unspecified atom stereocenters. The molecule has 7 heteroatoms. The van der Waals surface area contributed by atoms with E-state index < -0.39 is 5.91 Å². The highest BCUT2D eigenvalue weighted by Gasteiger charge is 2.15. The van der Waals surface area contributed by atoms with Gasteiger partial charge in [-0.15, -0.1) is 0 Å². The third-order valence-corrected chi connectivity index (χ3v) is 5.88. The summed E-state index contributed by atoms with van der Waals surface area (Å²) in [6.07, 6.45) is 1.45. The average molecular weight is 513 g/mol. The number of methoxy groups -OCH3 is 1. The Morgan fingerprint density at radius 3 is 2.51 bits per heavy atom. The number of fused-ring (bicyclic) bond motifs is 1. The number of amides is 1. The first-order valence-electron chi connectivity index (χ1n) is 11.7. The number of ether oxygens (including phenoxy) is 3. The maximum Gasteiger partial charge on any atom is 0.266 e. The molecular weight excluding hydrogens is 488 g/mol. The lowest BCUT2D eigenvalue weighted by molar-refractivity contribution is -0.112. The van der Waals surface area contributed by atoms with E-state index in [-0.39, 0.29) is 5.57 Å². The number of hydrogen-bond acceptors (Lipinski definition) is 5. The van der Waals surface area contributed by atoms with E-state index >= 15 is 0 Å². The number of anilines is 1. The van der Waals surface area contributed by atoms with Crippen LogP contribution in [0.1, 0.15) is 18.1 Å². The van der Waals surface area contributed by atoms with E-state index in [1.165, 1.54) is 13.2 Å². The molecule has 0 atom stereocenters. The van der Waals surface area contributed by atoms with Crippen LogP contribution in [-0.4, -0.2) is 19.6 Å². The minimum atomic E-state index is -0.543. The van der Waals surface area contributed by atoms with E-state index in [1.807, 2.05) is 55.5 Å². The van der Waals surface area contributed by atoms with Gasteiger partial charge in [-0.05, 0) is 71.3 Å². The summed E-state index contributed by atoms with van der Waals surface area (Å²) in [5.74, 6) is 0.925. The standard InChI is InChI=1S/C30H25ClN2O4/c1-3-36-25-13-11-24(12-14-25)33-30(34)23(18-32)15-20-16-27(31)29(28(17-20)35-2)37-19-22-9-6-8-21-7-4-5-10-26(21)22/h4-17H,3,19H2,1-2H3,(H,33,34)/b23-15+. The predicted octanol–water partition coefficient (Wildman–Crippen LogP) is 7.03. The van der Waals surface area contributed by atoms with Crippen molar-refractivity contribution in [3.8, 4) is 23.3 Å². The molecule has 4 rings (SSSR count). The third kappa shape index (κ3) is 6.21. The molecule has 4 aromatic carbocycles. The molecule has 186 valence electrons. The van der Waals surface area contributed by atoms with Crippen LogP contribution in [0.4, 0.5) is 5.69 Å². The second kappa shape index (κ2) is 12.0. The van der Waals surface area contributed by atoms with Crippen molar-refractivity contribution in [3.63, 3.8) is 0 Å². The van der Waals surface area contributed by atoms with E-state index in [2.05, 4.69) is 5.32 Å². The molecule has 0 fully saturated rings. The summed E-state index contributed by atoms with van der Waals surface area (Å²) in [6.45, 7) is 2.73. The van der Waals surface area contributed by atoms with Crippen molar-refractivity contribution in [3.05, 3.63) is 101 Å². The second-order valence-electron chi connectivity index (χ2n) is 8.04. The zero-order valence-corrected chi connectivity index (χ0v) is 21.2. The number of nitrogens with zero attached hydrogens (tertiary/aromatic N) is 1. The molecule has 0 saturated carbocycles. The Morgan fingerprint density at radius 2 is 1.78 bits per heavy atom. The van der Waals surface area contributed by atoms with Crippen LogP contribution in [0.2, 0.25) is 5.02 Å². The third-order valence-electron chi connectivity index (χ3n) is 5.60. The normalized spacial score (nSPS) is 11.0. The van der Waals surface area contributed by atoms with Gasteiger partial charge in [-0.1, -0.05) is 54.1 Å². The first-order chi connectivity index (χ1) is 18.0. The Labute approximate surface area is 220 Å². The molecule has 1 amide bonds. The highest BCUT2D eigenvalue weighted by Crippen LogP contribution is 2.38. The lowest BCUT2D eigenvalue weighted by Gasteiger charge is -2.14. The number of halogens is 1. The summed E-state index contributed by atoms with van der Waals surface area (Å²) < 4.78 is 17.0. The topological polar surface area (TPSA) is 80.6 Å². The molecule has 0 aliphatic rings. The fraction of sp³-hybridized carbons (Fsp3) is 0.133. The van der Waals surface area contributed by atoms with Crippen molar-refractivity contribution < 1.29 is 19.0 Å². The molecule has 0 spiro atoms. The first kappa shape index (κ1) is 25.6. The van der Waals surface area contributed by atoms with Gasteiger partial charge in [0.1, 0.15) is 24.0 Å². The number of nitriles is 1. The molecule has 0 aromatic heterocycles. The molecule has 0 radical (unpaired) electrons. The van der Waals surface area contributed by atoms with Crippen LogP contribution < -0.4 is 19.5 Å². The van der Waals surface area contributed by atoms with E-state index in [1.54, 1.807) is 36.4 Å². The maximum absolute atomic E-state index is 12.7. The van der Waals surface area contributed by atoms with E-state index in [0.717, 1.165) is 16.3 Å². The van der Waals surface area contributed by atoms with Gasteiger partial charge in [-0.2, -0.15) is 5.26 Å². The zero-order valence-electron chi connectivity index (χ0n) is 20.5. The second-order valence-corrected chi connectivity index (χ2v) is 8.45. The summed E-state index contributed by atoms with van der Waals surface area (Å²) in [5, 5.41) is 14.8. The van der Waals surface area contributed by atoms with Gasteiger partial charge >= 0.3 is 0 Å². The molecule has 0 heterocycles. The van der Waals surface area contributed by atoms with Gasteiger partial charge in [0.25, 0.3) is 5.91 Å². The molecule has 4 aromatic rings. The van der Waals surface area contributed by atoms with Crippen molar-refractivity contribution in [2.75, 3.05) is 19.0 Å². The van der Waals surface area contributed by atoms with E-state index in [4.69, 9.17) is 25.8 Å². The minimum absolute atomic E-state index is 0.0866. The first-order valence-corrected chi connectivity index (χ1v) is 12.0. The SMILES string of the molecule is CCOc1ccc(NC(=O)/C(C#N)=C/c2cc(Cl)c(OCc3cccc4ccccc34)c(OC)c2)cc1. The summed E-state index contributed by atoms with van der Waals surface area (Å²) >= 11 is 6.54. The Morgan fingerprint density at radius 1 is 1.03 bits per heavy atom. The van der Waals surface area contributed by atoms with E-state index in [9.17, 15) is 10.1 Å². The van der Waals surface area contributed by atoms with Crippen molar-refractivity contribution >= 4 is 40.0 Å². The van der Waals surface area contributed by atoms with Gasteiger partial charge in [0.15, 0.2) is 11.5 Å². The highest BCUT2D eigenvalue weighted by atomic mass is 35.5. The number of carbonyl (C=O) groups excluding carboxylic acids is 1. The van der Waals surface area contributed by atoms with Crippen LogP contribution in [0.3, 0.4) is 0 Å². The number of rotatable bonds is 9. The fourth-order valence-corrected chi connectivity index (χ4v) is 4.12. The minimum Gasteiger partial charge on any atom is -0.494 e. The van der Waals surface area contributed by atoms with Crippen molar-refractivity contribution in [2.24, 2.45) is 0 Å². The molecule has 0 saturated heterocycles. The highest BCUT2D eigenvalue weighted by molar-refractivity contribution is 6.32. The summed E-state index contributed by atoms with van der Waals surface area (Å²) in [7, 11) is 1.51. The Bertz CT molecular complexity index is 1480. The molecular formula is C30H25ClN2O4. The van der Waals surface area contributed by atoms with Gasteiger partial charge in [-0.25, -0.2) is 0 Å². The smallest absolute Gasteiger partial charge is 0.266 e.